The molecule has 3 rings (SSSR count). The highest BCUT2D eigenvalue weighted by Gasteiger charge is 2.09. The smallest absolute Gasteiger partial charge is 0.124 e. The highest BCUT2D eigenvalue weighted by Crippen LogP contribution is 2.28. The molecule has 0 radical (unpaired) electrons. The van der Waals surface area contributed by atoms with E-state index in [1.54, 1.807) is 0 Å². The molecule has 0 saturated carbocycles. The lowest BCUT2D eigenvalue weighted by Gasteiger charge is -2.15. The number of hydrogen-bond acceptors (Lipinski definition) is 3. The van der Waals surface area contributed by atoms with Gasteiger partial charge in [-0.15, -0.1) is 0 Å². The molecular weight excluding hydrogens is 322 g/mol. The molecule has 0 aromatic heterocycles. The first kappa shape index (κ1) is 16.8. The van der Waals surface area contributed by atoms with Crippen molar-refractivity contribution >= 4 is 22.4 Å². The quantitative estimate of drug-likeness (QED) is 0.634. The average Bonchev–Trinajstić information content (AvgIpc) is 2.62. The molecule has 0 aliphatic carbocycles. The molecule has 0 unspecified atom stereocenters. The maximum Gasteiger partial charge on any atom is 0.124 e. The van der Waals surface area contributed by atoms with Gasteiger partial charge in [0.05, 0.1) is 6.61 Å². The molecule has 3 nitrogen and oxygen atoms in total. The number of fused-ring (bicyclic) bond motifs is 1. The van der Waals surface area contributed by atoms with Crippen molar-refractivity contribution in [2.75, 3.05) is 13.2 Å². The topological polar surface area (TPSA) is 41.5 Å². The number of nitrogens with one attached hydrogen (secondary N) is 1. The summed E-state index contributed by atoms with van der Waals surface area (Å²) < 4.78 is 6.06. The van der Waals surface area contributed by atoms with Crippen LogP contribution in [0.5, 0.6) is 5.75 Å². The van der Waals surface area contributed by atoms with Crippen molar-refractivity contribution in [3.63, 3.8) is 0 Å². The molecule has 24 heavy (non-hydrogen) atoms. The second-order valence-corrected chi connectivity index (χ2v) is 6.02. The number of halogens is 1. The lowest BCUT2D eigenvalue weighted by Crippen LogP contribution is -2.18. The fraction of sp³-hybridized carbons (Fsp3) is 0.200. The molecule has 0 aliphatic heterocycles. The molecule has 124 valence electrons. The molecule has 2 N–H and O–H groups in total. The largest absolute Gasteiger partial charge is 0.489 e. The fourth-order valence-electron chi connectivity index (χ4n) is 2.67. The zero-order valence-corrected chi connectivity index (χ0v) is 14.1. The van der Waals surface area contributed by atoms with Gasteiger partial charge in [-0.1, -0.05) is 54.1 Å². The lowest BCUT2D eigenvalue weighted by molar-refractivity contribution is 0.288. The molecule has 0 atom stereocenters. The van der Waals surface area contributed by atoms with Crippen molar-refractivity contribution in [2.24, 2.45) is 0 Å². The van der Waals surface area contributed by atoms with Crippen molar-refractivity contribution in [1.82, 2.24) is 5.32 Å². The zero-order valence-electron chi connectivity index (χ0n) is 13.3. The van der Waals surface area contributed by atoms with E-state index in [1.807, 2.05) is 42.5 Å². The van der Waals surface area contributed by atoms with Gasteiger partial charge >= 0.3 is 0 Å². The van der Waals surface area contributed by atoms with Gasteiger partial charge in [0.1, 0.15) is 12.4 Å². The summed E-state index contributed by atoms with van der Waals surface area (Å²) in [5.41, 5.74) is 2.18. The van der Waals surface area contributed by atoms with E-state index in [-0.39, 0.29) is 6.61 Å². The Morgan fingerprint density at radius 2 is 1.75 bits per heavy atom. The van der Waals surface area contributed by atoms with E-state index in [0.717, 1.165) is 27.3 Å². The van der Waals surface area contributed by atoms with E-state index < -0.39 is 0 Å². The SMILES string of the molecule is OCCNCc1c(OCc2ccc(Cl)cc2)ccc2ccccc12. The number of aliphatic hydroxyl groups excluding tert-OH is 1. The van der Waals surface area contributed by atoms with Crippen molar-refractivity contribution in [1.29, 1.82) is 0 Å². The Bertz CT molecular complexity index is 802. The number of benzene rings is 3. The van der Waals surface area contributed by atoms with Crippen LogP contribution in [0.15, 0.2) is 60.7 Å². The van der Waals surface area contributed by atoms with Gasteiger partial charge in [-0.3, -0.25) is 0 Å². The molecule has 0 aliphatic rings. The fourth-order valence-corrected chi connectivity index (χ4v) is 2.79. The van der Waals surface area contributed by atoms with Gasteiger partial charge in [0.15, 0.2) is 0 Å². The average molecular weight is 342 g/mol. The van der Waals surface area contributed by atoms with E-state index in [1.165, 1.54) is 5.39 Å². The van der Waals surface area contributed by atoms with Crippen LogP contribution in [-0.4, -0.2) is 18.3 Å². The van der Waals surface area contributed by atoms with E-state index in [0.29, 0.717) is 19.7 Å². The van der Waals surface area contributed by atoms with Crippen LogP contribution in [0.25, 0.3) is 10.8 Å². The van der Waals surface area contributed by atoms with Crippen LogP contribution in [-0.2, 0) is 13.2 Å². The summed E-state index contributed by atoms with van der Waals surface area (Å²) in [7, 11) is 0. The summed E-state index contributed by atoms with van der Waals surface area (Å²) in [5.74, 6) is 0.856. The molecular formula is C20H20ClNO2. The summed E-state index contributed by atoms with van der Waals surface area (Å²) in [5, 5.41) is 15.3. The van der Waals surface area contributed by atoms with Crippen molar-refractivity contribution in [3.05, 3.63) is 76.8 Å². The molecule has 3 aromatic rings. The Morgan fingerprint density at radius 1 is 0.958 bits per heavy atom. The number of ether oxygens (including phenoxy) is 1. The van der Waals surface area contributed by atoms with E-state index in [4.69, 9.17) is 21.4 Å². The van der Waals surface area contributed by atoms with Crippen LogP contribution >= 0.6 is 11.6 Å². The molecule has 0 amide bonds. The third-order valence-corrected chi connectivity index (χ3v) is 4.15. The van der Waals surface area contributed by atoms with E-state index >= 15 is 0 Å². The van der Waals surface area contributed by atoms with Crippen LogP contribution in [0.3, 0.4) is 0 Å². The molecule has 0 heterocycles. The Kier molecular flexibility index (Phi) is 5.70. The normalized spacial score (nSPS) is 10.9. The van der Waals surface area contributed by atoms with Crippen LogP contribution in [0.1, 0.15) is 11.1 Å². The zero-order chi connectivity index (χ0) is 16.8. The Labute approximate surface area is 146 Å². The molecule has 0 saturated heterocycles. The predicted octanol–water partition coefficient (Wildman–Crippen LogP) is 4.15. The van der Waals surface area contributed by atoms with Gasteiger partial charge < -0.3 is 15.2 Å². The standard InChI is InChI=1S/C20H20ClNO2/c21-17-8-5-15(6-9-17)14-24-20-10-7-16-3-1-2-4-18(16)19(20)13-22-11-12-23/h1-10,22-23H,11-14H2. The minimum Gasteiger partial charge on any atom is -0.489 e. The van der Waals surface area contributed by atoms with Gasteiger partial charge in [0, 0.05) is 23.7 Å². The highest BCUT2D eigenvalue weighted by molar-refractivity contribution is 6.30. The van der Waals surface area contributed by atoms with Gasteiger partial charge in [-0.05, 0) is 34.5 Å². The minimum absolute atomic E-state index is 0.117. The summed E-state index contributed by atoms with van der Waals surface area (Å²) in [6.45, 7) is 1.81. The first-order valence-corrected chi connectivity index (χ1v) is 8.35. The van der Waals surface area contributed by atoms with E-state index in [2.05, 4.69) is 23.5 Å². The number of rotatable bonds is 7. The summed E-state index contributed by atoms with van der Waals surface area (Å²) in [6.07, 6.45) is 0. The highest BCUT2D eigenvalue weighted by atomic mass is 35.5. The van der Waals surface area contributed by atoms with Crippen LogP contribution in [0, 0.1) is 0 Å². The van der Waals surface area contributed by atoms with Gasteiger partial charge in [-0.25, -0.2) is 0 Å². The summed E-state index contributed by atoms with van der Waals surface area (Å²) >= 11 is 5.92. The monoisotopic (exact) mass is 341 g/mol. The molecule has 0 spiro atoms. The van der Waals surface area contributed by atoms with Crippen molar-refractivity contribution < 1.29 is 9.84 Å². The second kappa shape index (κ2) is 8.15. The number of hydrogen-bond donors (Lipinski definition) is 2. The summed E-state index contributed by atoms with van der Waals surface area (Å²) in [4.78, 5) is 0. The van der Waals surface area contributed by atoms with Crippen LogP contribution < -0.4 is 10.1 Å². The predicted molar refractivity (Wildman–Crippen MR) is 98.5 cm³/mol. The molecule has 4 heteroatoms. The Morgan fingerprint density at radius 3 is 2.54 bits per heavy atom. The molecule has 0 bridgehead atoms. The van der Waals surface area contributed by atoms with Crippen molar-refractivity contribution in [2.45, 2.75) is 13.2 Å². The molecule has 0 fully saturated rings. The van der Waals surface area contributed by atoms with E-state index in [9.17, 15) is 0 Å². The van der Waals surface area contributed by atoms with Gasteiger partial charge in [0.2, 0.25) is 0 Å². The Hall–Kier alpha value is -2.07. The van der Waals surface area contributed by atoms with Gasteiger partial charge in [-0.2, -0.15) is 0 Å². The first-order chi connectivity index (χ1) is 11.8. The second-order valence-electron chi connectivity index (χ2n) is 5.58. The maximum absolute atomic E-state index is 9.00. The number of aliphatic hydroxyl groups is 1. The first-order valence-electron chi connectivity index (χ1n) is 7.97. The van der Waals surface area contributed by atoms with Crippen LogP contribution in [0.4, 0.5) is 0 Å². The molecule has 3 aromatic carbocycles. The third-order valence-electron chi connectivity index (χ3n) is 3.90. The van der Waals surface area contributed by atoms with Gasteiger partial charge in [0.25, 0.3) is 0 Å². The van der Waals surface area contributed by atoms with Crippen molar-refractivity contribution in [3.8, 4) is 5.75 Å². The Balaban J connectivity index is 1.85. The third kappa shape index (κ3) is 4.06. The summed E-state index contributed by atoms with van der Waals surface area (Å²) in [6, 6.07) is 20.0. The van der Waals surface area contributed by atoms with Crippen LogP contribution in [0.2, 0.25) is 5.02 Å². The minimum atomic E-state index is 0.117. The maximum atomic E-state index is 9.00. The lowest BCUT2D eigenvalue weighted by atomic mass is 10.0.